The molecular formula is C15H21NO. The van der Waals surface area contributed by atoms with Crippen molar-refractivity contribution >= 4 is 0 Å². The molecular weight excluding hydrogens is 210 g/mol. The van der Waals surface area contributed by atoms with Crippen molar-refractivity contribution in [2.24, 2.45) is 5.73 Å². The van der Waals surface area contributed by atoms with Crippen LogP contribution in [0, 0.1) is 0 Å². The second-order valence-corrected chi connectivity index (χ2v) is 5.54. The first kappa shape index (κ1) is 11.2. The van der Waals surface area contributed by atoms with Gasteiger partial charge in [-0.15, -0.1) is 0 Å². The molecule has 0 atom stereocenters. The molecule has 1 aromatic rings. The van der Waals surface area contributed by atoms with Gasteiger partial charge in [-0.1, -0.05) is 43.5 Å². The van der Waals surface area contributed by atoms with Crippen LogP contribution in [0.25, 0.3) is 0 Å². The van der Waals surface area contributed by atoms with E-state index in [-0.39, 0.29) is 5.54 Å². The Hall–Kier alpha value is -0.860. The zero-order chi connectivity index (χ0) is 11.7. The minimum atomic E-state index is -0.0789. The Morgan fingerprint density at radius 1 is 1.06 bits per heavy atom. The van der Waals surface area contributed by atoms with Gasteiger partial charge in [-0.3, -0.25) is 0 Å². The Kier molecular flexibility index (Phi) is 2.93. The summed E-state index contributed by atoms with van der Waals surface area (Å²) in [6.07, 6.45) is 6.15. The van der Waals surface area contributed by atoms with E-state index < -0.39 is 0 Å². The molecule has 1 heterocycles. The van der Waals surface area contributed by atoms with Gasteiger partial charge in [-0.25, -0.2) is 0 Å². The van der Waals surface area contributed by atoms with E-state index in [0.29, 0.717) is 5.92 Å². The molecule has 0 bridgehead atoms. The summed E-state index contributed by atoms with van der Waals surface area (Å²) in [5.74, 6) is 0.577. The number of hydrogen-bond donors (Lipinski definition) is 1. The molecule has 1 aliphatic heterocycles. The van der Waals surface area contributed by atoms with Crippen molar-refractivity contribution in [1.82, 2.24) is 0 Å². The number of hydrogen-bond acceptors (Lipinski definition) is 2. The van der Waals surface area contributed by atoms with Gasteiger partial charge in [0.1, 0.15) is 0 Å². The van der Waals surface area contributed by atoms with E-state index in [1.165, 1.54) is 30.4 Å². The summed E-state index contributed by atoms with van der Waals surface area (Å²) in [5, 5.41) is 0. The lowest BCUT2D eigenvalue weighted by Crippen LogP contribution is -2.41. The molecule has 2 aliphatic rings. The molecule has 1 saturated carbocycles. The van der Waals surface area contributed by atoms with Crippen molar-refractivity contribution in [3.8, 4) is 0 Å². The van der Waals surface area contributed by atoms with Gasteiger partial charge in [0, 0.05) is 11.5 Å². The van der Waals surface area contributed by atoms with Gasteiger partial charge in [0.15, 0.2) is 0 Å². The first-order chi connectivity index (χ1) is 8.30. The number of benzene rings is 1. The predicted octanol–water partition coefficient (Wildman–Crippen LogP) is 2.92. The lowest BCUT2D eigenvalue weighted by Gasteiger charge is -2.38. The lowest BCUT2D eigenvalue weighted by molar-refractivity contribution is 0.00749. The molecule has 0 amide bonds. The maximum Gasteiger partial charge on any atom is 0.0557 e. The fourth-order valence-electron chi connectivity index (χ4n) is 3.17. The summed E-state index contributed by atoms with van der Waals surface area (Å²) >= 11 is 0. The third kappa shape index (κ3) is 2.00. The molecule has 17 heavy (non-hydrogen) atoms. The molecule has 1 saturated heterocycles. The monoisotopic (exact) mass is 231 g/mol. The Morgan fingerprint density at radius 2 is 1.76 bits per heavy atom. The highest BCUT2D eigenvalue weighted by Crippen LogP contribution is 2.39. The molecule has 0 spiro atoms. The lowest BCUT2D eigenvalue weighted by atomic mass is 9.74. The van der Waals surface area contributed by atoms with Crippen LogP contribution in [-0.4, -0.2) is 13.2 Å². The minimum Gasteiger partial charge on any atom is -0.380 e. The van der Waals surface area contributed by atoms with Gasteiger partial charge in [0.2, 0.25) is 0 Å². The van der Waals surface area contributed by atoms with Crippen LogP contribution in [0.4, 0.5) is 0 Å². The topological polar surface area (TPSA) is 35.2 Å². The summed E-state index contributed by atoms with van der Waals surface area (Å²) in [6.45, 7) is 1.74. The molecule has 2 heteroatoms. The summed E-state index contributed by atoms with van der Waals surface area (Å²) < 4.78 is 5.32. The molecule has 0 aromatic heterocycles. The molecule has 0 unspecified atom stereocenters. The highest BCUT2D eigenvalue weighted by Gasteiger charge is 2.34. The van der Waals surface area contributed by atoms with Crippen LogP contribution in [-0.2, 0) is 10.3 Å². The average Bonchev–Trinajstić information content (AvgIpc) is 2.28. The van der Waals surface area contributed by atoms with Crippen molar-refractivity contribution in [2.75, 3.05) is 13.2 Å². The maximum absolute atomic E-state index is 6.66. The van der Waals surface area contributed by atoms with Crippen LogP contribution < -0.4 is 5.73 Å². The summed E-state index contributed by atoms with van der Waals surface area (Å²) in [4.78, 5) is 0. The fourth-order valence-corrected chi connectivity index (χ4v) is 3.17. The van der Waals surface area contributed by atoms with E-state index in [1.54, 1.807) is 0 Å². The van der Waals surface area contributed by atoms with Gasteiger partial charge < -0.3 is 10.5 Å². The van der Waals surface area contributed by atoms with E-state index in [2.05, 4.69) is 24.3 Å². The van der Waals surface area contributed by atoms with Gasteiger partial charge >= 0.3 is 0 Å². The minimum absolute atomic E-state index is 0.0789. The Bertz CT molecular complexity index is 392. The van der Waals surface area contributed by atoms with E-state index >= 15 is 0 Å². The largest absolute Gasteiger partial charge is 0.380 e. The van der Waals surface area contributed by atoms with Crippen LogP contribution in [0.15, 0.2) is 24.3 Å². The second kappa shape index (κ2) is 4.43. The fraction of sp³-hybridized carbons (Fsp3) is 0.600. The molecule has 92 valence electrons. The maximum atomic E-state index is 6.66. The molecule has 0 radical (unpaired) electrons. The number of nitrogens with two attached hydrogens (primary N) is 1. The highest BCUT2D eigenvalue weighted by molar-refractivity contribution is 5.37. The summed E-state index contributed by atoms with van der Waals surface area (Å²) in [7, 11) is 0. The van der Waals surface area contributed by atoms with Crippen molar-refractivity contribution in [3.63, 3.8) is 0 Å². The first-order valence-electron chi connectivity index (χ1n) is 6.76. The van der Waals surface area contributed by atoms with Gasteiger partial charge in [0.05, 0.1) is 13.2 Å². The van der Waals surface area contributed by atoms with Crippen LogP contribution in [0.2, 0.25) is 0 Å². The third-order valence-corrected chi connectivity index (χ3v) is 4.32. The van der Waals surface area contributed by atoms with Crippen molar-refractivity contribution < 1.29 is 4.74 Å². The van der Waals surface area contributed by atoms with E-state index in [9.17, 15) is 0 Å². The van der Waals surface area contributed by atoms with Crippen LogP contribution in [0.5, 0.6) is 0 Å². The molecule has 2 nitrogen and oxygen atoms in total. The summed E-state index contributed by atoms with van der Waals surface area (Å²) in [6, 6.07) is 8.73. The molecule has 1 aliphatic carbocycles. The molecule has 2 N–H and O–H groups in total. The van der Waals surface area contributed by atoms with Crippen molar-refractivity contribution in [1.29, 1.82) is 0 Å². The standard InChI is InChI=1S/C15H21NO/c16-15(8-4-1-5-9-15)14-7-3-2-6-13(14)12-10-17-11-12/h2-3,6-7,12H,1,4-5,8-11,16H2. The summed E-state index contributed by atoms with van der Waals surface area (Å²) in [5.41, 5.74) is 9.39. The smallest absolute Gasteiger partial charge is 0.0557 e. The zero-order valence-electron chi connectivity index (χ0n) is 10.3. The number of rotatable bonds is 2. The van der Waals surface area contributed by atoms with Crippen molar-refractivity contribution in [2.45, 2.75) is 43.6 Å². The van der Waals surface area contributed by atoms with Crippen LogP contribution >= 0.6 is 0 Å². The first-order valence-corrected chi connectivity index (χ1v) is 6.76. The Morgan fingerprint density at radius 3 is 2.41 bits per heavy atom. The average molecular weight is 231 g/mol. The Labute approximate surface area is 103 Å². The normalized spacial score (nSPS) is 24.3. The van der Waals surface area contributed by atoms with E-state index in [4.69, 9.17) is 10.5 Å². The van der Waals surface area contributed by atoms with Gasteiger partial charge in [0.25, 0.3) is 0 Å². The van der Waals surface area contributed by atoms with E-state index in [1.807, 2.05) is 0 Å². The van der Waals surface area contributed by atoms with Gasteiger partial charge in [-0.05, 0) is 24.0 Å². The predicted molar refractivity (Wildman–Crippen MR) is 69.0 cm³/mol. The molecule has 3 rings (SSSR count). The zero-order valence-corrected chi connectivity index (χ0v) is 10.3. The Balaban J connectivity index is 1.95. The van der Waals surface area contributed by atoms with Crippen LogP contribution in [0.1, 0.15) is 49.1 Å². The third-order valence-electron chi connectivity index (χ3n) is 4.32. The molecule has 2 fully saturated rings. The van der Waals surface area contributed by atoms with Crippen molar-refractivity contribution in [3.05, 3.63) is 35.4 Å². The molecule has 1 aromatic carbocycles. The van der Waals surface area contributed by atoms with Gasteiger partial charge in [-0.2, -0.15) is 0 Å². The van der Waals surface area contributed by atoms with E-state index in [0.717, 1.165) is 26.1 Å². The number of ether oxygens (including phenoxy) is 1. The van der Waals surface area contributed by atoms with Crippen LogP contribution in [0.3, 0.4) is 0 Å². The SMILES string of the molecule is NC1(c2ccccc2C2COC2)CCCCC1. The second-order valence-electron chi connectivity index (χ2n) is 5.54. The highest BCUT2D eigenvalue weighted by atomic mass is 16.5. The quantitative estimate of drug-likeness (QED) is 0.849.